The van der Waals surface area contributed by atoms with Crippen LogP contribution >= 0.6 is 0 Å². The summed E-state index contributed by atoms with van der Waals surface area (Å²) in [6, 6.07) is 4.06. The molecule has 0 aliphatic carbocycles. The molecule has 0 fully saturated rings. The number of pyridine rings is 1. The molecule has 0 N–H and O–H groups in total. The van der Waals surface area contributed by atoms with E-state index in [1.807, 2.05) is 60.5 Å². The summed E-state index contributed by atoms with van der Waals surface area (Å²) in [7, 11) is 3.93. The Bertz CT molecular complexity index is 430. The summed E-state index contributed by atoms with van der Waals surface area (Å²) in [4.78, 5) is 0. The highest BCUT2D eigenvalue weighted by atomic mass is 15.4. The zero-order chi connectivity index (χ0) is 13.4. The van der Waals surface area contributed by atoms with Crippen molar-refractivity contribution in [1.82, 2.24) is 5.01 Å². The lowest BCUT2D eigenvalue weighted by atomic mass is 10.2. The third-order valence-electron chi connectivity index (χ3n) is 2.61. The average Bonchev–Trinajstić information content (AvgIpc) is 2.39. The van der Waals surface area contributed by atoms with Gasteiger partial charge in [0.15, 0.2) is 12.4 Å². The molecule has 0 bridgehead atoms. The molecule has 0 saturated heterocycles. The van der Waals surface area contributed by atoms with Gasteiger partial charge in [-0.05, 0) is 12.5 Å². The maximum Gasteiger partial charge on any atom is 0.169 e. The highest BCUT2D eigenvalue weighted by Gasteiger charge is 1.97. The number of hydrogen-bond acceptors (Lipinski definition) is 2. The number of hydrazone groups is 1. The number of likely N-dealkylation sites (N-methyl/N-ethyl adjacent to an activating group) is 1. The van der Waals surface area contributed by atoms with Crippen LogP contribution in [0.25, 0.3) is 0 Å². The Labute approximate surface area is 110 Å². The molecule has 0 unspecified atom stereocenters. The Kier molecular flexibility index (Phi) is 5.85. The standard InChI is InChI=1S/C15H22N3/c1-5-7-8-15(6-2)18(4)16-13-14-9-11-17(3)12-10-14/h6,8-13H,2,5,7H2,1,3-4H3/q+1/b15-8+. The summed E-state index contributed by atoms with van der Waals surface area (Å²) in [6.07, 6.45) is 12.0. The lowest BCUT2D eigenvalue weighted by Crippen LogP contribution is -2.25. The molecule has 0 amide bonds. The molecule has 1 heterocycles. The fourth-order valence-corrected chi connectivity index (χ4v) is 1.46. The van der Waals surface area contributed by atoms with E-state index in [1.54, 1.807) is 0 Å². The van der Waals surface area contributed by atoms with Crippen molar-refractivity contribution in [3.8, 4) is 0 Å². The predicted molar refractivity (Wildman–Crippen MR) is 76.2 cm³/mol. The van der Waals surface area contributed by atoms with Crippen molar-refractivity contribution in [2.75, 3.05) is 7.05 Å². The maximum absolute atomic E-state index is 4.41. The number of hydrogen-bond donors (Lipinski definition) is 0. The molecule has 0 aliphatic rings. The van der Waals surface area contributed by atoms with Gasteiger partial charge in [0.25, 0.3) is 0 Å². The summed E-state index contributed by atoms with van der Waals surface area (Å²) in [5.74, 6) is 0. The highest BCUT2D eigenvalue weighted by Crippen LogP contribution is 2.06. The Balaban J connectivity index is 2.70. The quantitative estimate of drug-likeness (QED) is 0.326. The molecule has 0 aliphatic heterocycles. The summed E-state index contributed by atoms with van der Waals surface area (Å²) >= 11 is 0. The SMILES string of the molecule is C=C/C(=C\CCC)N(C)N=Cc1cc[n+](C)cc1. The molecule has 0 radical (unpaired) electrons. The number of aryl methyl sites for hydroxylation is 1. The van der Waals surface area contributed by atoms with Gasteiger partial charge in [-0.15, -0.1) is 0 Å². The first-order valence-electron chi connectivity index (χ1n) is 6.23. The number of allylic oxidation sites excluding steroid dienone is 2. The van der Waals surface area contributed by atoms with Crippen LogP contribution < -0.4 is 4.57 Å². The number of nitrogens with zero attached hydrogens (tertiary/aromatic N) is 3. The Morgan fingerprint density at radius 3 is 2.67 bits per heavy atom. The molecule has 0 spiro atoms. The van der Waals surface area contributed by atoms with Gasteiger partial charge in [-0.2, -0.15) is 5.10 Å². The van der Waals surface area contributed by atoms with Crippen molar-refractivity contribution < 1.29 is 4.57 Å². The summed E-state index contributed by atoms with van der Waals surface area (Å²) in [5.41, 5.74) is 2.12. The van der Waals surface area contributed by atoms with Crippen molar-refractivity contribution in [2.45, 2.75) is 19.8 Å². The zero-order valence-corrected chi connectivity index (χ0v) is 11.5. The van der Waals surface area contributed by atoms with E-state index in [-0.39, 0.29) is 0 Å². The fraction of sp³-hybridized carbons (Fsp3) is 0.333. The monoisotopic (exact) mass is 244 g/mol. The Morgan fingerprint density at radius 1 is 1.44 bits per heavy atom. The van der Waals surface area contributed by atoms with E-state index < -0.39 is 0 Å². The van der Waals surface area contributed by atoms with Crippen LogP contribution in [-0.2, 0) is 7.05 Å². The van der Waals surface area contributed by atoms with Gasteiger partial charge in [-0.1, -0.05) is 26.0 Å². The molecule has 1 rings (SSSR count). The molecule has 0 saturated carbocycles. The lowest BCUT2D eigenvalue weighted by molar-refractivity contribution is -0.671. The van der Waals surface area contributed by atoms with Crippen LogP contribution in [0.5, 0.6) is 0 Å². The maximum atomic E-state index is 4.41. The predicted octanol–water partition coefficient (Wildman–Crippen LogP) is 2.65. The normalized spacial score (nSPS) is 11.8. The van der Waals surface area contributed by atoms with Crippen LogP contribution in [0.3, 0.4) is 0 Å². The molecule has 3 heteroatoms. The third kappa shape index (κ3) is 4.53. The number of aromatic nitrogens is 1. The van der Waals surface area contributed by atoms with Crippen LogP contribution in [0.15, 0.2) is 54.1 Å². The van der Waals surface area contributed by atoms with E-state index >= 15 is 0 Å². The second-order valence-corrected chi connectivity index (χ2v) is 4.19. The Hall–Kier alpha value is -1.90. The van der Waals surface area contributed by atoms with Crippen LogP contribution in [0.4, 0.5) is 0 Å². The van der Waals surface area contributed by atoms with Gasteiger partial charge in [0.1, 0.15) is 7.05 Å². The first-order chi connectivity index (χ1) is 8.67. The molecular weight excluding hydrogens is 222 g/mol. The first-order valence-corrected chi connectivity index (χ1v) is 6.23. The second-order valence-electron chi connectivity index (χ2n) is 4.19. The van der Waals surface area contributed by atoms with E-state index in [2.05, 4.69) is 24.7 Å². The van der Waals surface area contributed by atoms with Gasteiger partial charge in [0.2, 0.25) is 0 Å². The van der Waals surface area contributed by atoms with E-state index in [0.717, 1.165) is 24.1 Å². The minimum atomic E-state index is 1.04. The van der Waals surface area contributed by atoms with Crippen molar-refractivity contribution in [3.63, 3.8) is 0 Å². The van der Waals surface area contributed by atoms with Gasteiger partial charge >= 0.3 is 0 Å². The van der Waals surface area contributed by atoms with Gasteiger partial charge in [-0.25, -0.2) is 4.57 Å². The molecule has 0 atom stereocenters. The fourth-order valence-electron chi connectivity index (χ4n) is 1.46. The van der Waals surface area contributed by atoms with Crippen LogP contribution in [-0.4, -0.2) is 18.3 Å². The topological polar surface area (TPSA) is 19.5 Å². The van der Waals surface area contributed by atoms with Gasteiger partial charge in [-0.3, -0.25) is 5.01 Å². The third-order valence-corrected chi connectivity index (χ3v) is 2.61. The number of unbranched alkanes of at least 4 members (excludes halogenated alkanes) is 1. The molecule has 1 aromatic rings. The van der Waals surface area contributed by atoms with Crippen molar-refractivity contribution >= 4 is 6.21 Å². The summed E-state index contributed by atoms with van der Waals surface area (Å²) in [6.45, 7) is 5.97. The highest BCUT2D eigenvalue weighted by molar-refractivity contribution is 5.78. The van der Waals surface area contributed by atoms with E-state index in [1.165, 1.54) is 0 Å². The van der Waals surface area contributed by atoms with Crippen molar-refractivity contribution in [3.05, 3.63) is 54.5 Å². The zero-order valence-electron chi connectivity index (χ0n) is 11.5. The van der Waals surface area contributed by atoms with Crippen molar-refractivity contribution in [2.24, 2.45) is 12.1 Å². The van der Waals surface area contributed by atoms with Crippen molar-refractivity contribution in [1.29, 1.82) is 0 Å². The summed E-state index contributed by atoms with van der Waals surface area (Å²) < 4.78 is 2.00. The lowest BCUT2D eigenvalue weighted by Gasteiger charge is -2.13. The summed E-state index contributed by atoms with van der Waals surface area (Å²) in [5, 5.41) is 6.25. The number of rotatable bonds is 6. The molecule has 18 heavy (non-hydrogen) atoms. The molecule has 3 nitrogen and oxygen atoms in total. The van der Waals surface area contributed by atoms with Gasteiger partial charge in [0, 0.05) is 24.7 Å². The largest absolute Gasteiger partial charge is 0.269 e. The minimum Gasteiger partial charge on any atom is -0.269 e. The molecule has 96 valence electrons. The Morgan fingerprint density at radius 2 is 2.11 bits per heavy atom. The van der Waals surface area contributed by atoms with E-state index in [9.17, 15) is 0 Å². The second kappa shape index (κ2) is 7.43. The van der Waals surface area contributed by atoms with Gasteiger partial charge < -0.3 is 0 Å². The van der Waals surface area contributed by atoms with E-state index in [4.69, 9.17) is 0 Å². The molecule has 0 aromatic carbocycles. The smallest absolute Gasteiger partial charge is 0.169 e. The van der Waals surface area contributed by atoms with Crippen LogP contribution in [0.1, 0.15) is 25.3 Å². The van der Waals surface area contributed by atoms with E-state index in [0.29, 0.717) is 0 Å². The van der Waals surface area contributed by atoms with Crippen LogP contribution in [0.2, 0.25) is 0 Å². The molecular formula is C15H22N3+. The first kappa shape index (κ1) is 14.2. The van der Waals surface area contributed by atoms with Gasteiger partial charge in [0.05, 0.1) is 11.9 Å². The molecule has 1 aromatic heterocycles. The average molecular weight is 244 g/mol. The minimum absolute atomic E-state index is 1.04. The van der Waals surface area contributed by atoms with Crippen LogP contribution in [0, 0.1) is 0 Å².